The Kier molecular flexibility index (Phi) is 4.76. The fraction of sp³-hybridized carbons (Fsp3) is 0.368. The molecule has 22 heavy (non-hydrogen) atoms. The summed E-state index contributed by atoms with van der Waals surface area (Å²) in [7, 11) is 1.68. The molecule has 1 aliphatic heterocycles. The van der Waals surface area contributed by atoms with E-state index >= 15 is 0 Å². The summed E-state index contributed by atoms with van der Waals surface area (Å²) in [4.78, 5) is 2.48. The van der Waals surface area contributed by atoms with Crippen LogP contribution in [0.25, 0.3) is 0 Å². The Morgan fingerprint density at radius 3 is 2.36 bits per heavy atom. The summed E-state index contributed by atoms with van der Waals surface area (Å²) in [5.41, 5.74) is 2.55. The van der Waals surface area contributed by atoms with Gasteiger partial charge in [0, 0.05) is 18.6 Å². The molecule has 0 saturated carbocycles. The second kappa shape index (κ2) is 6.95. The van der Waals surface area contributed by atoms with Crippen LogP contribution in [0.2, 0.25) is 0 Å². The SMILES string of the molecule is COc1ccc(COC[C@@H]2[C@H](C)N2Cc2ccccc2)cc1. The third-order valence-electron chi connectivity index (χ3n) is 4.34. The Morgan fingerprint density at radius 1 is 0.955 bits per heavy atom. The lowest BCUT2D eigenvalue weighted by molar-refractivity contribution is 0.113. The molecule has 0 bridgehead atoms. The summed E-state index contributed by atoms with van der Waals surface area (Å²) in [5, 5.41) is 0. The molecule has 0 N–H and O–H groups in total. The first kappa shape index (κ1) is 15.1. The molecule has 2 aromatic carbocycles. The zero-order valence-corrected chi connectivity index (χ0v) is 13.2. The highest BCUT2D eigenvalue weighted by Gasteiger charge is 2.43. The molecule has 3 rings (SSSR count). The molecule has 1 heterocycles. The van der Waals surface area contributed by atoms with Crippen LogP contribution in [0.4, 0.5) is 0 Å². The van der Waals surface area contributed by atoms with E-state index in [1.54, 1.807) is 7.11 Å². The molecule has 116 valence electrons. The van der Waals surface area contributed by atoms with Gasteiger partial charge in [-0.2, -0.15) is 0 Å². The van der Waals surface area contributed by atoms with Crippen LogP contribution in [0, 0.1) is 0 Å². The van der Waals surface area contributed by atoms with Gasteiger partial charge in [-0.1, -0.05) is 42.5 Å². The van der Waals surface area contributed by atoms with Crippen molar-refractivity contribution >= 4 is 0 Å². The van der Waals surface area contributed by atoms with E-state index in [0.29, 0.717) is 18.7 Å². The number of rotatable bonds is 7. The molecule has 1 unspecified atom stereocenters. The molecule has 3 heteroatoms. The summed E-state index contributed by atoms with van der Waals surface area (Å²) in [6.45, 7) is 4.73. The van der Waals surface area contributed by atoms with Crippen LogP contribution in [0.1, 0.15) is 18.1 Å². The molecule has 0 amide bonds. The van der Waals surface area contributed by atoms with Crippen molar-refractivity contribution in [3.63, 3.8) is 0 Å². The lowest BCUT2D eigenvalue weighted by Gasteiger charge is -2.06. The highest BCUT2D eigenvalue weighted by molar-refractivity contribution is 5.26. The lowest BCUT2D eigenvalue weighted by Crippen LogP contribution is -2.08. The topological polar surface area (TPSA) is 21.5 Å². The standard InChI is InChI=1S/C19H23NO2/c1-15-19(20(15)12-16-6-4-3-5-7-16)14-22-13-17-8-10-18(21-2)11-9-17/h3-11,15,19H,12-14H2,1-2H3/t15-,19+,20?/m0/s1. The van der Waals surface area contributed by atoms with Crippen molar-refractivity contribution in [3.8, 4) is 5.75 Å². The summed E-state index contributed by atoms with van der Waals surface area (Å²) < 4.78 is 11.0. The van der Waals surface area contributed by atoms with Crippen LogP contribution in [-0.4, -0.2) is 30.7 Å². The maximum Gasteiger partial charge on any atom is 0.118 e. The van der Waals surface area contributed by atoms with Crippen molar-refractivity contribution < 1.29 is 9.47 Å². The number of ether oxygens (including phenoxy) is 2. The van der Waals surface area contributed by atoms with Crippen molar-refractivity contribution in [1.82, 2.24) is 4.90 Å². The third kappa shape index (κ3) is 3.67. The second-order valence-electron chi connectivity index (χ2n) is 5.83. The van der Waals surface area contributed by atoms with Crippen LogP contribution in [-0.2, 0) is 17.9 Å². The van der Waals surface area contributed by atoms with Gasteiger partial charge in [-0.3, -0.25) is 4.90 Å². The minimum absolute atomic E-state index is 0.540. The van der Waals surface area contributed by atoms with Crippen molar-refractivity contribution in [1.29, 1.82) is 0 Å². The molecule has 0 radical (unpaired) electrons. The first-order valence-electron chi connectivity index (χ1n) is 7.78. The van der Waals surface area contributed by atoms with Gasteiger partial charge in [-0.05, 0) is 30.2 Å². The Balaban J connectivity index is 1.42. The minimum Gasteiger partial charge on any atom is -0.497 e. The number of methoxy groups -OCH3 is 1. The summed E-state index contributed by atoms with van der Waals surface area (Å²) >= 11 is 0. The minimum atomic E-state index is 0.540. The number of nitrogens with zero attached hydrogens (tertiary/aromatic N) is 1. The summed E-state index contributed by atoms with van der Waals surface area (Å²) in [5.74, 6) is 0.883. The highest BCUT2D eigenvalue weighted by Crippen LogP contribution is 2.30. The van der Waals surface area contributed by atoms with Gasteiger partial charge in [0.2, 0.25) is 0 Å². The van der Waals surface area contributed by atoms with Gasteiger partial charge >= 0.3 is 0 Å². The van der Waals surface area contributed by atoms with Gasteiger partial charge in [-0.15, -0.1) is 0 Å². The predicted octanol–water partition coefficient (Wildman–Crippen LogP) is 3.48. The predicted molar refractivity (Wildman–Crippen MR) is 87.9 cm³/mol. The van der Waals surface area contributed by atoms with Crippen LogP contribution in [0.15, 0.2) is 54.6 Å². The molecule has 0 aliphatic carbocycles. The lowest BCUT2D eigenvalue weighted by atomic mass is 10.2. The van der Waals surface area contributed by atoms with Crippen molar-refractivity contribution in [2.24, 2.45) is 0 Å². The van der Waals surface area contributed by atoms with Gasteiger partial charge < -0.3 is 9.47 Å². The maximum absolute atomic E-state index is 5.87. The van der Waals surface area contributed by atoms with Crippen LogP contribution < -0.4 is 4.74 Å². The van der Waals surface area contributed by atoms with E-state index in [4.69, 9.17) is 9.47 Å². The summed E-state index contributed by atoms with van der Waals surface area (Å²) in [6, 6.07) is 19.8. The average molecular weight is 297 g/mol. The quantitative estimate of drug-likeness (QED) is 0.730. The zero-order chi connectivity index (χ0) is 15.4. The fourth-order valence-corrected chi connectivity index (χ4v) is 2.79. The van der Waals surface area contributed by atoms with Crippen molar-refractivity contribution in [3.05, 3.63) is 65.7 Å². The Morgan fingerprint density at radius 2 is 1.68 bits per heavy atom. The number of hydrogen-bond donors (Lipinski definition) is 0. The van der Waals surface area contributed by atoms with Gasteiger partial charge in [0.15, 0.2) is 0 Å². The van der Waals surface area contributed by atoms with Crippen molar-refractivity contribution in [2.45, 2.75) is 32.2 Å². The molecule has 2 aromatic rings. The van der Waals surface area contributed by atoms with E-state index < -0.39 is 0 Å². The molecule has 0 aromatic heterocycles. The summed E-state index contributed by atoms with van der Waals surface area (Å²) in [6.07, 6.45) is 0. The van der Waals surface area contributed by atoms with E-state index in [0.717, 1.165) is 18.9 Å². The van der Waals surface area contributed by atoms with E-state index in [-0.39, 0.29) is 0 Å². The molecular weight excluding hydrogens is 274 g/mol. The van der Waals surface area contributed by atoms with Gasteiger partial charge in [-0.25, -0.2) is 0 Å². The van der Waals surface area contributed by atoms with Gasteiger partial charge in [0.05, 0.1) is 20.3 Å². The molecule has 1 aliphatic rings. The largest absolute Gasteiger partial charge is 0.497 e. The normalized spacial score (nSPS) is 23.3. The Labute approximate surface area is 132 Å². The number of hydrogen-bond acceptors (Lipinski definition) is 3. The Bertz CT molecular complexity index is 582. The first-order valence-corrected chi connectivity index (χ1v) is 7.78. The number of benzene rings is 2. The van der Waals surface area contributed by atoms with Crippen LogP contribution in [0.3, 0.4) is 0 Å². The Hall–Kier alpha value is -1.84. The first-order chi connectivity index (χ1) is 10.8. The zero-order valence-electron chi connectivity index (χ0n) is 13.2. The average Bonchev–Trinajstić information content (AvgIpc) is 3.17. The second-order valence-corrected chi connectivity index (χ2v) is 5.83. The van der Waals surface area contributed by atoms with Gasteiger partial charge in [0.1, 0.15) is 5.75 Å². The molecule has 0 spiro atoms. The van der Waals surface area contributed by atoms with E-state index in [1.807, 2.05) is 12.1 Å². The molecule has 3 atom stereocenters. The third-order valence-corrected chi connectivity index (χ3v) is 4.34. The monoisotopic (exact) mass is 297 g/mol. The van der Waals surface area contributed by atoms with Crippen molar-refractivity contribution in [2.75, 3.05) is 13.7 Å². The molecule has 3 nitrogen and oxygen atoms in total. The van der Waals surface area contributed by atoms with Crippen LogP contribution in [0.5, 0.6) is 5.75 Å². The van der Waals surface area contributed by atoms with E-state index in [2.05, 4.69) is 54.3 Å². The maximum atomic E-state index is 5.87. The smallest absolute Gasteiger partial charge is 0.118 e. The molecule has 1 fully saturated rings. The van der Waals surface area contributed by atoms with Crippen LogP contribution >= 0.6 is 0 Å². The fourth-order valence-electron chi connectivity index (χ4n) is 2.79. The van der Waals surface area contributed by atoms with E-state index in [1.165, 1.54) is 11.1 Å². The highest BCUT2D eigenvalue weighted by atomic mass is 16.5. The molecule has 1 saturated heterocycles. The van der Waals surface area contributed by atoms with E-state index in [9.17, 15) is 0 Å². The molecular formula is C19H23NO2. The van der Waals surface area contributed by atoms with Gasteiger partial charge in [0.25, 0.3) is 0 Å².